The van der Waals surface area contributed by atoms with E-state index in [4.69, 9.17) is 0 Å². The van der Waals surface area contributed by atoms with Gasteiger partial charge in [-0.05, 0) is 63.3 Å². The second-order valence-corrected chi connectivity index (χ2v) is 5.64. The van der Waals surface area contributed by atoms with Crippen LogP contribution in [0.25, 0.3) is 0 Å². The number of phenolic OH excluding ortho intramolecular Hbond substituents is 1. The molecule has 0 saturated carbocycles. The Kier molecular flexibility index (Phi) is 6.34. The van der Waals surface area contributed by atoms with Gasteiger partial charge in [-0.25, -0.2) is 0 Å². The minimum atomic E-state index is 0. The third-order valence-corrected chi connectivity index (χ3v) is 4.05. The predicted molar refractivity (Wildman–Crippen MR) is 86.4 cm³/mol. The Morgan fingerprint density at radius 1 is 1.37 bits per heavy atom. The van der Waals surface area contributed by atoms with Gasteiger partial charge in [-0.2, -0.15) is 0 Å². The molecule has 108 valence electrons. The molecule has 1 unspecified atom stereocenters. The molecule has 0 fully saturated rings. The number of fused-ring (bicyclic) bond motifs is 1. The fraction of sp³-hybridized carbons (Fsp3) is 0.625. The topological polar surface area (TPSA) is 23.5 Å². The predicted octanol–water partition coefficient (Wildman–Crippen LogP) is 3.95. The van der Waals surface area contributed by atoms with Crippen molar-refractivity contribution < 1.29 is 5.11 Å². The highest BCUT2D eigenvalue weighted by atomic mass is 79.9. The summed E-state index contributed by atoms with van der Waals surface area (Å²) in [4.78, 5) is 2.62. The average molecular weight is 328 g/mol. The fourth-order valence-corrected chi connectivity index (χ4v) is 3.17. The first-order chi connectivity index (χ1) is 8.63. The molecule has 0 heterocycles. The molecule has 0 radical (unpaired) electrons. The Morgan fingerprint density at radius 2 is 2.11 bits per heavy atom. The minimum Gasteiger partial charge on any atom is -0.508 e. The van der Waals surface area contributed by atoms with Gasteiger partial charge in [-0.1, -0.05) is 19.1 Å². The minimum absolute atomic E-state index is 0. The highest BCUT2D eigenvalue weighted by Crippen LogP contribution is 2.31. The Labute approximate surface area is 127 Å². The highest BCUT2D eigenvalue weighted by Gasteiger charge is 2.26. The third kappa shape index (κ3) is 3.73. The second kappa shape index (κ2) is 7.30. The van der Waals surface area contributed by atoms with Crippen LogP contribution < -0.4 is 0 Å². The Bertz CT molecular complexity index is 406. The van der Waals surface area contributed by atoms with E-state index in [-0.39, 0.29) is 17.0 Å². The van der Waals surface area contributed by atoms with Gasteiger partial charge in [0, 0.05) is 12.1 Å². The summed E-state index contributed by atoms with van der Waals surface area (Å²) in [5.41, 5.74) is 2.52. The molecule has 2 rings (SSSR count). The maximum atomic E-state index is 9.88. The van der Waals surface area contributed by atoms with Crippen molar-refractivity contribution in [2.45, 2.75) is 58.5 Å². The largest absolute Gasteiger partial charge is 0.508 e. The van der Waals surface area contributed by atoms with Crippen LogP contribution in [0.1, 0.15) is 44.7 Å². The number of benzene rings is 1. The van der Waals surface area contributed by atoms with E-state index >= 15 is 0 Å². The zero-order chi connectivity index (χ0) is 13.1. The van der Waals surface area contributed by atoms with Gasteiger partial charge >= 0.3 is 0 Å². The van der Waals surface area contributed by atoms with E-state index in [2.05, 4.69) is 31.7 Å². The summed E-state index contributed by atoms with van der Waals surface area (Å²) in [7, 11) is 0. The molecule has 19 heavy (non-hydrogen) atoms. The molecule has 1 aliphatic carbocycles. The molecule has 0 aromatic heterocycles. The normalized spacial score (nSPS) is 18.3. The molecule has 0 spiro atoms. The van der Waals surface area contributed by atoms with E-state index in [1.165, 1.54) is 30.5 Å². The van der Waals surface area contributed by atoms with Gasteiger partial charge in [0.15, 0.2) is 0 Å². The molecule has 1 aliphatic rings. The van der Waals surface area contributed by atoms with E-state index in [1.54, 1.807) is 0 Å². The third-order valence-electron chi connectivity index (χ3n) is 4.05. The summed E-state index contributed by atoms with van der Waals surface area (Å²) in [5.74, 6) is 0.484. The maximum Gasteiger partial charge on any atom is 0.119 e. The van der Waals surface area contributed by atoms with Crippen molar-refractivity contribution in [2.75, 3.05) is 6.54 Å². The molecular formula is C16H26BrNO. The molecule has 0 amide bonds. The summed E-state index contributed by atoms with van der Waals surface area (Å²) >= 11 is 0. The standard InChI is InChI=1S/C16H25NO.BrH/c1-4-10-17(12(2)3)14-8-9-15-13(11-14)6-5-7-16(15)18;/h5-7,12,14,18H,4,8-11H2,1-3H3;1H. The second-order valence-electron chi connectivity index (χ2n) is 5.64. The lowest BCUT2D eigenvalue weighted by atomic mass is 9.86. The lowest BCUT2D eigenvalue weighted by Crippen LogP contribution is -2.44. The van der Waals surface area contributed by atoms with Crippen LogP contribution in [0.4, 0.5) is 0 Å². The first-order valence-corrected chi connectivity index (χ1v) is 7.19. The molecular weight excluding hydrogens is 302 g/mol. The van der Waals surface area contributed by atoms with Gasteiger partial charge in [0.05, 0.1) is 0 Å². The summed E-state index contributed by atoms with van der Waals surface area (Å²) in [5, 5.41) is 9.88. The van der Waals surface area contributed by atoms with Gasteiger partial charge in [0.25, 0.3) is 0 Å². The van der Waals surface area contributed by atoms with Crippen molar-refractivity contribution in [3.8, 4) is 5.75 Å². The summed E-state index contributed by atoms with van der Waals surface area (Å²) in [6.45, 7) is 8.00. The number of nitrogens with zero attached hydrogens (tertiary/aromatic N) is 1. The first kappa shape index (κ1) is 16.5. The molecule has 1 aromatic rings. The SMILES string of the molecule is Br.CCCN(C(C)C)C1CCc2c(O)cccc2C1. The van der Waals surface area contributed by atoms with Crippen LogP contribution in [-0.2, 0) is 12.8 Å². The van der Waals surface area contributed by atoms with Crippen molar-refractivity contribution in [3.05, 3.63) is 29.3 Å². The molecule has 1 N–H and O–H groups in total. The van der Waals surface area contributed by atoms with Crippen molar-refractivity contribution in [3.63, 3.8) is 0 Å². The number of halogens is 1. The smallest absolute Gasteiger partial charge is 0.119 e. The molecule has 0 aliphatic heterocycles. The monoisotopic (exact) mass is 327 g/mol. The Hall–Kier alpha value is -0.540. The lowest BCUT2D eigenvalue weighted by Gasteiger charge is -2.38. The van der Waals surface area contributed by atoms with Gasteiger partial charge in [0.2, 0.25) is 0 Å². The fourth-order valence-electron chi connectivity index (χ4n) is 3.17. The quantitative estimate of drug-likeness (QED) is 0.905. The molecule has 0 saturated heterocycles. The Morgan fingerprint density at radius 3 is 2.74 bits per heavy atom. The van der Waals surface area contributed by atoms with Gasteiger partial charge in [-0.3, -0.25) is 4.90 Å². The van der Waals surface area contributed by atoms with Crippen LogP contribution in [0.15, 0.2) is 18.2 Å². The Balaban J connectivity index is 0.00000180. The van der Waals surface area contributed by atoms with Crippen LogP contribution in [0.2, 0.25) is 0 Å². The molecule has 0 bridgehead atoms. The zero-order valence-corrected chi connectivity index (χ0v) is 13.9. The van der Waals surface area contributed by atoms with E-state index < -0.39 is 0 Å². The summed E-state index contributed by atoms with van der Waals surface area (Å²) in [6.07, 6.45) is 4.48. The van der Waals surface area contributed by atoms with E-state index in [0.717, 1.165) is 12.8 Å². The number of aromatic hydroxyl groups is 1. The van der Waals surface area contributed by atoms with E-state index in [0.29, 0.717) is 17.8 Å². The molecule has 2 nitrogen and oxygen atoms in total. The molecule has 3 heteroatoms. The first-order valence-electron chi connectivity index (χ1n) is 7.19. The number of phenols is 1. The van der Waals surface area contributed by atoms with Gasteiger partial charge in [0.1, 0.15) is 5.75 Å². The lowest BCUT2D eigenvalue weighted by molar-refractivity contribution is 0.139. The number of rotatable bonds is 4. The van der Waals surface area contributed by atoms with Crippen molar-refractivity contribution in [1.29, 1.82) is 0 Å². The zero-order valence-electron chi connectivity index (χ0n) is 12.2. The van der Waals surface area contributed by atoms with Crippen LogP contribution in [0.3, 0.4) is 0 Å². The summed E-state index contributed by atoms with van der Waals surface area (Å²) in [6, 6.07) is 7.20. The van der Waals surface area contributed by atoms with Crippen LogP contribution in [0, 0.1) is 0 Å². The summed E-state index contributed by atoms with van der Waals surface area (Å²) < 4.78 is 0. The van der Waals surface area contributed by atoms with Crippen LogP contribution in [0.5, 0.6) is 5.75 Å². The maximum absolute atomic E-state index is 9.88. The van der Waals surface area contributed by atoms with E-state index in [1.807, 2.05) is 12.1 Å². The average Bonchev–Trinajstić information content (AvgIpc) is 2.35. The molecule has 1 atom stereocenters. The van der Waals surface area contributed by atoms with Crippen molar-refractivity contribution in [2.24, 2.45) is 0 Å². The van der Waals surface area contributed by atoms with Crippen molar-refractivity contribution >= 4 is 17.0 Å². The number of hydrogen-bond donors (Lipinski definition) is 1. The van der Waals surface area contributed by atoms with Gasteiger partial charge in [-0.15, -0.1) is 17.0 Å². The van der Waals surface area contributed by atoms with E-state index in [9.17, 15) is 5.11 Å². The van der Waals surface area contributed by atoms with Crippen LogP contribution >= 0.6 is 17.0 Å². The van der Waals surface area contributed by atoms with Gasteiger partial charge < -0.3 is 5.11 Å². The van der Waals surface area contributed by atoms with Crippen molar-refractivity contribution in [1.82, 2.24) is 4.90 Å². The highest BCUT2D eigenvalue weighted by molar-refractivity contribution is 8.93. The number of hydrogen-bond acceptors (Lipinski definition) is 2. The molecule has 1 aromatic carbocycles. The van der Waals surface area contributed by atoms with Crippen LogP contribution in [-0.4, -0.2) is 28.6 Å².